The topological polar surface area (TPSA) is 69.2 Å². The summed E-state index contributed by atoms with van der Waals surface area (Å²) >= 11 is 0. The molecule has 2 aliphatic rings. The van der Waals surface area contributed by atoms with E-state index in [-0.39, 0.29) is 48.5 Å². The lowest BCUT2D eigenvalue weighted by Gasteiger charge is -2.29. The highest BCUT2D eigenvalue weighted by molar-refractivity contribution is 14.0. The number of nitrogens with one attached hydrogen (secondary N) is 2. The summed E-state index contributed by atoms with van der Waals surface area (Å²) < 4.78 is 5.79. The molecule has 0 aromatic heterocycles. The highest BCUT2D eigenvalue weighted by atomic mass is 127. The third-order valence-corrected chi connectivity index (χ3v) is 5.79. The second-order valence-electron chi connectivity index (χ2n) is 8.24. The SMILES string of the molecule is CN(C)C(=O)CN=C(NC1CCN(c2ccccc2)C1)NC1CCOc2ccccc21.I. The van der Waals surface area contributed by atoms with Gasteiger partial charge in [0.2, 0.25) is 5.91 Å². The van der Waals surface area contributed by atoms with Crippen LogP contribution in [0.5, 0.6) is 5.75 Å². The van der Waals surface area contributed by atoms with Gasteiger partial charge in [-0.15, -0.1) is 24.0 Å². The number of carbonyl (C=O) groups is 1. The number of likely N-dealkylation sites (N-methyl/N-ethyl adjacent to an activating group) is 1. The average molecular weight is 549 g/mol. The minimum Gasteiger partial charge on any atom is -0.493 e. The third kappa shape index (κ3) is 6.05. The monoisotopic (exact) mass is 549 g/mol. The molecular formula is C24H32IN5O2. The number of aliphatic imine (C=N–C) groups is 1. The van der Waals surface area contributed by atoms with Crippen LogP contribution < -0.4 is 20.3 Å². The fraction of sp³-hybridized carbons (Fsp3) is 0.417. The number of fused-ring (bicyclic) bond motifs is 1. The van der Waals surface area contributed by atoms with Gasteiger partial charge in [0.1, 0.15) is 12.3 Å². The van der Waals surface area contributed by atoms with Gasteiger partial charge in [-0.1, -0.05) is 36.4 Å². The van der Waals surface area contributed by atoms with E-state index in [1.165, 1.54) is 5.69 Å². The molecule has 7 nitrogen and oxygen atoms in total. The van der Waals surface area contributed by atoms with Crippen LogP contribution in [0.2, 0.25) is 0 Å². The number of rotatable bonds is 5. The Hall–Kier alpha value is -2.49. The number of benzene rings is 2. The van der Waals surface area contributed by atoms with Gasteiger partial charge in [-0.2, -0.15) is 0 Å². The van der Waals surface area contributed by atoms with Crippen LogP contribution in [-0.4, -0.2) is 63.1 Å². The van der Waals surface area contributed by atoms with Gasteiger partial charge in [-0.3, -0.25) is 4.79 Å². The van der Waals surface area contributed by atoms with Crippen LogP contribution in [0.4, 0.5) is 5.69 Å². The molecule has 2 heterocycles. The van der Waals surface area contributed by atoms with Crippen LogP contribution in [0.25, 0.3) is 0 Å². The van der Waals surface area contributed by atoms with Gasteiger partial charge in [-0.25, -0.2) is 4.99 Å². The van der Waals surface area contributed by atoms with Crippen LogP contribution in [-0.2, 0) is 4.79 Å². The standard InChI is InChI=1S/C24H31N5O2.HI/c1-28(2)23(30)16-25-24(27-21-13-15-31-22-11-7-6-10-20(21)22)26-18-12-14-29(17-18)19-8-4-3-5-9-19;/h3-11,18,21H,12-17H2,1-2H3,(H2,25,26,27);1H. The number of halogens is 1. The van der Waals surface area contributed by atoms with E-state index in [4.69, 9.17) is 4.74 Å². The van der Waals surface area contributed by atoms with Crippen LogP contribution in [0.1, 0.15) is 24.4 Å². The molecule has 2 aromatic rings. The second kappa shape index (κ2) is 11.4. The van der Waals surface area contributed by atoms with Crippen molar-refractivity contribution in [2.75, 3.05) is 45.2 Å². The molecule has 0 radical (unpaired) electrons. The summed E-state index contributed by atoms with van der Waals surface area (Å²) in [5.74, 6) is 1.56. The highest BCUT2D eigenvalue weighted by Crippen LogP contribution is 2.31. The minimum atomic E-state index is -0.0224. The van der Waals surface area contributed by atoms with Crippen molar-refractivity contribution in [1.29, 1.82) is 0 Å². The Morgan fingerprint density at radius 1 is 1.09 bits per heavy atom. The quantitative estimate of drug-likeness (QED) is 0.341. The predicted molar refractivity (Wildman–Crippen MR) is 139 cm³/mol. The number of carbonyl (C=O) groups excluding carboxylic acids is 1. The lowest BCUT2D eigenvalue weighted by Crippen LogP contribution is -2.47. The fourth-order valence-electron chi connectivity index (χ4n) is 4.02. The van der Waals surface area contributed by atoms with E-state index in [0.29, 0.717) is 12.6 Å². The van der Waals surface area contributed by atoms with E-state index >= 15 is 0 Å². The summed E-state index contributed by atoms with van der Waals surface area (Å²) in [6, 6.07) is 18.9. The van der Waals surface area contributed by atoms with Crippen molar-refractivity contribution in [3.8, 4) is 5.75 Å². The first-order chi connectivity index (χ1) is 15.1. The van der Waals surface area contributed by atoms with Gasteiger partial charge in [0.15, 0.2) is 5.96 Å². The molecule has 0 saturated carbocycles. The predicted octanol–water partition coefficient (Wildman–Crippen LogP) is 3.03. The number of nitrogens with zero attached hydrogens (tertiary/aromatic N) is 3. The maximum atomic E-state index is 12.1. The Bertz CT molecular complexity index is 922. The molecule has 1 saturated heterocycles. The molecule has 8 heteroatoms. The molecule has 4 rings (SSSR count). The average Bonchev–Trinajstić information content (AvgIpc) is 3.26. The Labute approximate surface area is 207 Å². The lowest BCUT2D eigenvalue weighted by molar-refractivity contribution is -0.127. The van der Waals surface area contributed by atoms with Gasteiger partial charge < -0.3 is 25.2 Å². The molecule has 2 N–H and O–H groups in total. The zero-order valence-electron chi connectivity index (χ0n) is 18.7. The minimum absolute atomic E-state index is 0. The molecular weight excluding hydrogens is 517 g/mol. The van der Waals surface area contributed by atoms with Crippen LogP contribution in [0.3, 0.4) is 0 Å². The van der Waals surface area contributed by atoms with Crippen molar-refractivity contribution < 1.29 is 9.53 Å². The van der Waals surface area contributed by atoms with E-state index in [1.54, 1.807) is 19.0 Å². The smallest absolute Gasteiger partial charge is 0.243 e. The third-order valence-electron chi connectivity index (χ3n) is 5.79. The molecule has 2 atom stereocenters. The van der Waals surface area contributed by atoms with Crippen LogP contribution >= 0.6 is 24.0 Å². The summed E-state index contributed by atoms with van der Waals surface area (Å²) in [7, 11) is 3.50. The maximum Gasteiger partial charge on any atom is 0.243 e. The highest BCUT2D eigenvalue weighted by Gasteiger charge is 2.26. The number of amides is 1. The van der Waals surface area contributed by atoms with Crippen molar-refractivity contribution in [3.05, 3.63) is 60.2 Å². The maximum absolute atomic E-state index is 12.1. The summed E-state index contributed by atoms with van der Waals surface area (Å²) in [5.41, 5.74) is 2.36. The molecule has 172 valence electrons. The van der Waals surface area contributed by atoms with Gasteiger partial charge in [0.25, 0.3) is 0 Å². The Morgan fingerprint density at radius 3 is 2.62 bits per heavy atom. The zero-order chi connectivity index (χ0) is 21.6. The summed E-state index contributed by atoms with van der Waals surface area (Å²) in [5, 5.41) is 7.13. The molecule has 2 aromatic carbocycles. The van der Waals surface area contributed by atoms with Gasteiger partial charge in [0, 0.05) is 50.9 Å². The van der Waals surface area contributed by atoms with E-state index in [9.17, 15) is 4.79 Å². The normalized spacial score (nSPS) is 19.9. The van der Waals surface area contributed by atoms with E-state index in [2.05, 4.69) is 50.9 Å². The van der Waals surface area contributed by atoms with Crippen molar-refractivity contribution in [1.82, 2.24) is 15.5 Å². The zero-order valence-corrected chi connectivity index (χ0v) is 21.0. The number of hydrogen-bond acceptors (Lipinski definition) is 4. The van der Waals surface area contributed by atoms with E-state index in [1.807, 2.05) is 24.3 Å². The largest absolute Gasteiger partial charge is 0.493 e. The number of guanidine groups is 1. The molecule has 0 aliphatic carbocycles. The Balaban J connectivity index is 0.00000289. The lowest BCUT2D eigenvalue weighted by atomic mass is 10.0. The van der Waals surface area contributed by atoms with E-state index < -0.39 is 0 Å². The Morgan fingerprint density at radius 2 is 1.84 bits per heavy atom. The summed E-state index contributed by atoms with van der Waals surface area (Å²) in [6.45, 7) is 2.66. The molecule has 32 heavy (non-hydrogen) atoms. The molecule has 0 bridgehead atoms. The fourth-order valence-corrected chi connectivity index (χ4v) is 4.02. The van der Waals surface area contributed by atoms with Crippen molar-refractivity contribution >= 4 is 41.5 Å². The number of para-hydroxylation sites is 2. The second-order valence-corrected chi connectivity index (χ2v) is 8.24. The van der Waals surface area contributed by atoms with Crippen molar-refractivity contribution in [2.24, 2.45) is 4.99 Å². The summed E-state index contributed by atoms with van der Waals surface area (Å²) in [4.78, 5) is 20.7. The van der Waals surface area contributed by atoms with Crippen LogP contribution in [0, 0.1) is 0 Å². The van der Waals surface area contributed by atoms with Crippen LogP contribution in [0.15, 0.2) is 59.6 Å². The molecule has 1 amide bonds. The van der Waals surface area contributed by atoms with Gasteiger partial charge in [-0.05, 0) is 24.6 Å². The Kier molecular flexibility index (Phi) is 8.60. The molecule has 2 aliphatic heterocycles. The van der Waals surface area contributed by atoms with Crippen molar-refractivity contribution in [3.63, 3.8) is 0 Å². The number of anilines is 1. The number of hydrogen-bond donors (Lipinski definition) is 2. The van der Waals surface area contributed by atoms with Gasteiger partial charge >= 0.3 is 0 Å². The first kappa shape index (κ1) is 24.2. The number of ether oxygens (including phenoxy) is 1. The molecule has 2 unspecified atom stereocenters. The van der Waals surface area contributed by atoms with Crippen molar-refractivity contribution in [2.45, 2.75) is 24.9 Å². The molecule has 0 spiro atoms. The summed E-state index contributed by atoms with van der Waals surface area (Å²) in [6.07, 6.45) is 1.86. The first-order valence-corrected chi connectivity index (χ1v) is 10.9. The van der Waals surface area contributed by atoms with Gasteiger partial charge in [0.05, 0.1) is 12.6 Å². The van der Waals surface area contributed by atoms with E-state index in [0.717, 1.165) is 37.2 Å². The first-order valence-electron chi connectivity index (χ1n) is 10.9. The molecule has 1 fully saturated rings.